The van der Waals surface area contributed by atoms with Crippen LogP contribution in [-0.2, 0) is 4.79 Å². The second kappa shape index (κ2) is 4.96. The number of H-pyrrole nitrogens is 1. The molecule has 0 saturated carbocycles. The average Bonchev–Trinajstić information content (AvgIpc) is 2.15. The summed E-state index contributed by atoms with van der Waals surface area (Å²) in [6.07, 6.45) is 6.55. The molecule has 0 radical (unpaired) electrons. The molecule has 14 heavy (non-hydrogen) atoms. The van der Waals surface area contributed by atoms with Crippen molar-refractivity contribution >= 4 is 12.0 Å². The first kappa shape index (κ1) is 10.2. The SMILES string of the molecule is CC(=O)NCC=Cc1cnc(=O)[nH]c1. The Bertz CT molecular complexity index is 375. The number of carbonyl (C=O) groups excluding carboxylic acids is 1. The third kappa shape index (κ3) is 3.66. The molecule has 0 aliphatic heterocycles. The fraction of sp³-hybridized carbons (Fsp3) is 0.222. The Hall–Kier alpha value is -1.91. The van der Waals surface area contributed by atoms with Gasteiger partial charge in [-0.05, 0) is 0 Å². The molecule has 2 N–H and O–H groups in total. The number of carbonyl (C=O) groups is 1. The van der Waals surface area contributed by atoms with Crippen LogP contribution in [0.5, 0.6) is 0 Å². The van der Waals surface area contributed by atoms with E-state index in [1.165, 1.54) is 13.1 Å². The van der Waals surface area contributed by atoms with Crippen LogP contribution in [0.25, 0.3) is 6.08 Å². The fourth-order valence-corrected chi connectivity index (χ4v) is 0.842. The minimum absolute atomic E-state index is 0.0748. The Morgan fingerprint density at radius 3 is 3.07 bits per heavy atom. The molecule has 0 aromatic carbocycles. The number of nitrogens with zero attached hydrogens (tertiary/aromatic N) is 1. The molecule has 0 aliphatic rings. The maximum atomic E-state index is 10.6. The molecule has 0 fully saturated rings. The molecule has 1 heterocycles. The molecular weight excluding hydrogens is 182 g/mol. The van der Waals surface area contributed by atoms with Gasteiger partial charge in [0.05, 0.1) is 0 Å². The van der Waals surface area contributed by atoms with Gasteiger partial charge < -0.3 is 10.3 Å². The maximum Gasteiger partial charge on any atom is 0.344 e. The molecule has 5 nitrogen and oxygen atoms in total. The monoisotopic (exact) mass is 193 g/mol. The molecule has 5 heteroatoms. The Labute approximate surface area is 80.9 Å². The third-order valence-corrected chi connectivity index (χ3v) is 1.47. The van der Waals surface area contributed by atoms with Crippen LogP contribution in [0.1, 0.15) is 12.5 Å². The largest absolute Gasteiger partial charge is 0.353 e. The minimum Gasteiger partial charge on any atom is -0.353 e. The molecular formula is C9H11N3O2. The molecule has 1 aromatic heterocycles. The first-order valence-corrected chi connectivity index (χ1v) is 4.14. The van der Waals surface area contributed by atoms with E-state index in [1.54, 1.807) is 18.3 Å². The molecule has 0 unspecified atom stereocenters. The molecule has 0 bridgehead atoms. The smallest absolute Gasteiger partial charge is 0.344 e. The highest BCUT2D eigenvalue weighted by molar-refractivity contribution is 5.73. The summed E-state index contributed by atoms with van der Waals surface area (Å²) in [5.41, 5.74) is 0.416. The summed E-state index contributed by atoms with van der Waals surface area (Å²) in [6, 6.07) is 0. The second-order valence-electron chi connectivity index (χ2n) is 2.69. The molecule has 0 saturated heterocycles. The van der Waals surface area contributed by atoms with E-state index in [4.69, 9.17) is 0 Å². The van der Waals surface area contributed by atoms with E-state index in [-0.39, 0.29) is 11.6 Å². The van der Waals surface area contributed by atoms with Crippen LogP contribution in [0.15, 0.2) is 23.3 Å². The van der Waals surface area contributed by atoms with Gasteiger partial charge in [0.2, 0.25) is 5.91 Å². The molecule has 74 valence electrons. The zero-order chi connectivity index (χ0) is 10.4. The number of rotatable bonds is 3. The summed E-state index contributed by atoms with van der Waals surface area (Å²) in [6.45, 7) is 1.92. The van der Waals surface area contributed by atoms with Gasteiger partial charge in [0, 0.05) is 31.4 Å². The van der Waals surface area contributed by atoms with Crippen LogP contribution in [0, 0.1) is 0 Å². The van der Waals surface area contributed by atoms with Crippen molar-refractivity contribution in [2.75, 3.05) is 6.54 Å². The number of hydrogen-bond donors (Lipinski definition) is 2. The van der Waals surface area contributed by atoms with Crippen molar-refractivity contribution in [1.29, 1.82) is 0 Å². The summed E-state index contributed by atoms with van der Waals surface area (Å²) >= 11 is 0. The normalized spacial score (nSPS) is 10.4. The van der Waals surface area contributed by atoms with Crippen LogP contribution in [0.3, 0.4) is 0 Å². The Morgan fingerprint density at radius 1 is 1.71 bits per heavy atom. The number of amides is 1. The van der Waals surface area contributed by atoms with E-state index >= 15 is 0 Å². The minimum atomic E-state index is -0.371. The van der Waals surface area contributed by atoms with E-state index in [1.807, 2.05) is 0 Å². The summed E-state index contributed by atoms with van der Waals surface area (Å²) in [5.74, 6) is -0.0748. The standard InChI is InChI=1S/C9H11N3O2/c1-7(13)10-4-2-3-8-5-11-9(14)12-6-8/h2-3,5-6H,4H2,1H3,(H,10,13)(H,11,12,14). The van der Waals surface area contributed by atoms with Crippen molar-refractivity contribution in [1.82, 2.24) is 15.3 Å². The highest BCUT2D eigenvalue weighted by Gasteiger charge is 1.87. The summed E-state index contributed by atoms with van der Waals surface area (Å²) < 4.78 is 0. The number of nitrogens with one attached hydrogen (secondary N) is 2. The maximum absolute atomic E-state index is 10.6. The molecule has 0 atom stereocenters. The average molecular weight is 193 g/mol. The van der Waals surface area contributed by atoms with Gasteiger partial charge in [0.1, 0.15) is 0 Å². The van der Waals surface area contributed by atoms with E-state index in [0.29, 0.717) is 6.54 Å². The lowest BCUT2D eigenvalue weighted by molar-refractivity contribution is -0.118. The quantitative estimate of drug-likeness (QED) is 0.705. The molecule has 0 spiro atoms. The van der Waals surface area contributed by atoms with Gasteiger partial charge in [0.25, 0.3) is 0 Å². The Kier molecular flexibility index (Phi) is 3.60. The van der Waals surface area contributed by atoms with Gasteiger partial charge in [-0.1, -0.05) is 12.2 Å². The number of aromatic nitrogens is 2. The lowest BCUT2D eigenvalue weighted by Gasteiger charge is -1.94. The van der Waals surface area contributed by atoms with Crippen LogP contribution in [-0.4, -0.2) is 22.4 Å². The van der Waals surface area contributed by atoms with Gasteiger partial charge in [-0.2, -0.15) is 0 Å². The summed E-state index contributed by atoms with van der Waals surface area (Å²) in [5, 5.41) is 2.61. The lowest BCUT2D eigenvalue weighted by atomic mass is 10.3. The first-order valence-electron chi connectivity index (χ1n) is 4.14. The van der Waals surface area contributed by atoms with Gasteiger partial charge >= 0.3 is 5.69 Å². The lowest BCUT2D eigenvalue weighted by Crippen LogP contribution is -2.19. The van der Waals surface area contributed by atoms with Crippen molar-refractivity contribution in [3.05, 3.63) is 34.5 Å². The van der Waals surface area contributed by atoms with Crippen molar-refractivity contribution in [3.8, 4) is 0 Å². The first-order chi connectivity index (χ1) is 6.68. The van der Waals surface area contributed by atoms with Gasteiger partial charge in [-0.25, -0.2) is 9.78 Å². The van der Waals surface area contributed by atoms with Crippen LogP contribution in [0.4, 0.5) is 0 Å². The van der Waals surface area contributed by atoms with E-state index in [0.717, 1.165) is 5.56 Å². The highest BCUT2D eigenvalue weighted by atomic mass is 16.1. The summed E-state index contributed by atoms with van der Waals surface area (Å²) in [4.78, 5) is 27.1. The zero-order valence-corrected chi connectivity index (χ0v) is 7.78. The van der Waals surface area contributed by atoms with Gasteiger partial charge in [-0.15, -0.1) is 0 Å². The molecule has 0 aliphatic carbocycles. The Morgan fingerprint density at radius 2 is 2.50 bits per heavy atom. The number of hydrogen-bond acceptors (Lipinski definition) is 3. The molecule has 1 aromatic rings. The van der Waals surface area contributed by atoms with Crippen LogP contribution >= 0.6 is 0 Å². The van der Waals surface area contributed by atoms with E-state index in [2.05, 4.69) is 15.3 Å². The van der Waals surface area contributed by atoms with Crippen LogP contribution < -0.4 is 11.0 Å². The molecule has 1 amide bonds. The topological polar surface area (TPSA) is 74.8 Å². The fourth-order valence-electron chi connectivity index (χ4n) is 0.842. The van der Waals surface area contributed by atoms with Crippen LogP contribution in [0.2, 0.25) is 0 Å². The highest BCUT2D eigenvalue weighted by Crippen LogP contribution is 1.93. The molecule has 1 rings (SSSR count). The second-order valence-corrected chi connectivity index (χ2v) is 2.69. The van der Waals surface area contributed by atoms with Crippen molar-refractivity contribution < 1.29 is 4.79 Å². The van der Waals surface area contributed by atoms with Gasteiger partial charge in [0.15, 0.2) is 0 Å². The third-order valence-electron chi connectivity index (χ3n) is 1.47. The zero-order valence-electron chi connectivity index (χ0n) is 7.78. The predicted molar refractivity (Wildman–Crippen MR) is 52.6 cm³/mol. The summed E-state index contributed by atoms with van der Waals surface area (Å²) in [7, 11) is 0. The predicted octanol–water partition coefficient (Wildman–Crippen LogP) is -0.0808. The van der Waals surface area contributed by atoms with Crippen molar-refractivity contribution in [3.63, 3.8) is 0 Å². The van der Waals surface area contributed by atoms with Crippen molar-refractivity contribution in [2.24, 2.45) is 0 Å². The Balaban J connectivity index is 2.48. The van der Waals surface area contributed by atoms with E-state index in [9.17, 15) is 9.59 Å². The van der Waals surface area contributed by atoms with Gasteiger partial charge in [-0.3, -0.25) is 4.79 Å². The van der Waals surface area contributed by atoms with E-state index < -0.39 is 0 Å². The van der Waals surface area contributed by atoms with Crippen molar-refractivity contribution in [2.45, 2.75) is 6.92 Å². The number of aromatic amines is 1.